The van der Waals surface area contributed by atoms with Crippen LogP contribution in [0.4, 0.5) is 9.52 Å². The van der Waals surface area contributed by atoms with E-state index in [1.807, 2.05) is 26.7 Å². The zero-order chi connectivity index (χ0) is 29.1. The number of thiazole rings is 1. The number of β-lactam (4-membered cyclic amide) rings is 1. The quantitative estimate of drug-likeness (QED) is 0.0686. The Bertz CT molecular complexity index is 1610. The number of nitrogen functional groups attached to an aromatic ring is 1. The van der Waals surface area contributed by atoms with Crippen molar-refractivity contribution >= 4 is 74.5 Å². The summed E-state index contributed by atoms with van der Waals surface area (Å²) < 4.78 is 20.2. The third kappa shape index (κ3) is 5.50. The fraction of sp³-hybridized carbons (Fsp3) is 0.273. The summed E-state index contributed by atoms with van der Waals surface area (Å²) in [6.45, 7) is -0.660. The van der Waals surface area contributed by atoms with Gasteiger partial charge < -0.3 is 31.1 Å². The minimum atomic E-state index is -1.54. The van der Waals surface area contributed by atoms with Gasteiger partial charge in [0.15, 0.2) is 5.13 Å². The molecule has 2 aliphatic heterocycles. The number of aliphatic carboxylic acids is 1. The Hall–Kier alpha value is -4.36. The van der Waals surface area contributed by atoms with Crippen molar-refractivity contribution in [3.05, 3.63) is 52.8 Å². The largest absolute Gasteiger partial charge is 0.543 e. The number of carboxylic acid groups (broad SMARTS) is 1. The van der Waals surface area contributed by atoms with Crippen LogP contribution in [0.25, 0.3) is 4.83 Å². The van der Waals surface area contributed by atoms with Crippen LogP contribution in [0.1, 0.15) is 11.6 Å². The number of thioether (sulfide) groups is 1. The molecule has 41 heavy (non-hydrogen) atoms. The molecule has 5 rings (SSSR count). The lowest BCUT2D eigenvalue weighted by atomic mass is 10.0. The lowest BCUT2D eigenvalue weighted by molar-refractivity contribution is -0.518. The number of fused-ring (bicyclic) bond motifs is 2. The summed E-state index contributed by atoms with van der Waals surface area (Å²) in [6.07, 6.45) is 7.76. The number of oxime groups is 1. The van der Waals surface area contributed by atoms with Crippen molar-refractivity contribution in [1.29, 1.82) is 0 Å². The second-order valence-electron chi connectivity index (χ2n) is 8.37. The van der Waals surface area contributed by atoms with Gasteiger partial charge >= 0.3 is 0 Å². The third-order valence-corrected chi connectivity index (χ3v) is 8.67. The highest BCUT2D eigenvalue weighted by Gasteiger charge is 2.53. The molecule has 214 valence electrons. The first kappa shape index (κ1) is 28.2. The molecule has 1 fully saturated rings. The Labute approximate surface area is 242 Å². The molecule has 0 bridgehead atoms. The Morgan fingerprint density at radius 1 is 1.41 bits per heavy atom. The van der Waals surface area contributed by atoms with Gasteiger partial charge in [0.25, 0.3) is 24.5 Å². The molecule has 1 saturated heterocycles. The van der Waals surface area contributed by atoms with E-state index in [0.29, 0.717) is 25.1 Å². The minimum absolute atomic E-state index is 0.0306. The maximum absolute atomic E-state index is 13.0. The number of hydrogen-bond donors (Lipinski definition) is 3. The average Bonchev–Trinajstić information content (AvgIpc) is 3.67. The zero-order valence-corrected chi connectivity index (χ0v) is 23.2. The summed E-state index contributed by atoms with van der Waals surface area (Å²) in [5.74, 6) is -2.33. The van der Waals surface area contributed by atoms with Crippen molar-refractivity contribution in [2.24, 2.45) is 5.16 Å². The number of carbonyl (C=O) groups excluding carboxylic acids is 4. The number of carboxylic acids is 1. The highest BCUT2D eigenvalue weighted by molar-refractivity contribution is 8.00. The molecule has 2 aliphatic rings. The average molecular weight is 622 g/mol. The number of rotatable bonds is 12. The topological polar surface area (TPSA) is 201 Å². The van der Waals surface area contributed by atoms with Crippen molar-refractivity contribution in [3.63, 3.8) is 0 Å². The monoisotopic (exact) mass is 621 g/mol. The van der Waals surface area contributed by atoms with Crippen molar-refractivity contribution in [2.75, 3.05) is 18.3 Å². The molecule has 5 heterocycles. The van der Waals surface area contributed by atoms with E-state index in [9.17, 15) is 28.7 Å². The van der Waals surface area contributed by atoms with Gasteiger partial charge in [0.05, 0.1) is 11.7 Å². The number of aromatic nitrogens is 4. The van der Waals surface area contributed by atoms with Crippen molar-refractivity contribution in [1.82, 2.24) is 29.5 Å². The summed E-state index contributed by atoms with van der Waals surface area (Å²) >= 11 is 3.55. The number of imidazole rings is 1. The van der Waals surface area contributed by atoms with Crippen LogP contribution >= 0.6 is 34.6 Å². The number of hydrogen-bond acceptors (Lipinski definition) is 13. The number of amides is 3. The Morgan fingerprint density at radius 2 is 2.24 bits per heavy atom. The van der Waals surface area contributed by atoms with Crippen LogP contribution in [0.2, 0.25) is 0 Å². The molecule has 0 saturated carbocycles. The summed E-state index contributed by atoms with van der Waals surface area (Å²) in [5, 5.41) is 21.8. The van der Waals surface area contributed by atoms with E-state index < -0.39 is 41.8 Å². The number of allylic oxidation sites excluding steroid dienone is 2. The lowest BCUT2D eigenvalue weighted by Crippen LogP contribution is -2.71. The first-order valence-corrected chi connectivity index (χ1v) is 14.4. The standard InChI is InChI=1S/C22H20FN9O6S3/c23-9-38-28-14(17-27-22(24)41-29-17)18(34)26-15-19(35)32-16(21(36)37)11(8-40-20(15)32)2-1-3-30-7-13-31(4-5-39-13)12(30)6-25-10-33/h1-2,4-5,7,10,15,20H,3,6,8-9H2,(H4-,24,25,26,27,29,33,34,36,37)/b2-1+,28-14-/t15-,20-/m1/s1. The summed E-state index contributed by atoms with van der Waals surface area (Å²) in [4.78, 5) is 59.0. The van der Waals surface area contributed by atoms with Gasteiger partial charge in [-0.2, -0.15) is 13.8 Å². The molecule has 3 aromatic heterocycles. The Morgan fingerprint density at radius 3 is 2.95 bits per heavy atom. The van der Waals surface area contributed by atoms with Gasteiger partial charge in [-0.05, 0) is 11.6 Å². The van der Waals surface area contributed by atoms with Gasteiger partial charge in [-0.25, -0.2) is 8.96 Å². The predicted molar refractivity (Wildman–Crippen MR) is 142 cm³/mol. The van der Waals surface area contributed by atoms with Crippen LogP contribution in [-0.4, -0.2) is 72.8 Å². The number of nitrogens with two attached hydrogens (primary N) is 1. The van der Waals surface area contributed by atoms with Gasteiger partial charge in [-0.15, -0.1) is 11.8 Å². The minimum Gasteiger partial charge on any atom is -0.543 e. The van der Waals surface area contributed by atoms with E-state index in [1.54, 1.807) is 12.2 Å². The molecule has 3 aromatic rings. The van der Waals surface area contributed by atoms with Gasteiger partial charge in [0.1, 0.15) is 36.9 Å². The van der Waals surface area contributed by atoms with Crippen molar-refractivity contribution in [2.45, 2.75) is 24.5 Å². The maximum Gasteiger partial charge on any atom is 0.282 e. The molecular formula is C22H20FN9O6S3. The molecule has 4 N–H and O–H groups in total. The van der Waals surface area contributed by atoms with Gasteiger partial charge in [0.2, 0.25) is 22.8 Å². The number of nitrogens with zero attached hydrogens (tertiary/aromatic N) is 6. The SMILES string of the molecule is Nc1nc(/C(=N/OCF)C(=O)N[C@@H]2C(=O)N3C(C(=O)[O-])=C(/C=C/Cn4cc5scc[n+]5c4CNC=O)CS[C@H]23)ns1. The maximum atomic E-state index is 13.0. The summed E-state index contributed by atoms with van der Waals surface area (Å²) in [5.41, 5.74) is 5.12. The van der Waals surface area contributed by atoms with E-state index in [1.165, 1.54) is 23.1 Å². The van der Waals surface area contributed by atoms with Crippen molar-refractivity contribution in [3.8, 4) is 0 Å². The van der Waals surface area contributed by atoms with Crippen LogP contribution in [0, 0.1) is 0 Å². The molecule has 2 atom stereocenters. The Kier molecular flexibility index (Phi) is 8.26. The third-order valence-electron chi connectivity index (χ3n) is 6.03. The number of anilines is 1. The molecule has 15 nitrogen and oxygen atoms in total. The molecule has 0 aromatic carbocycles. The first-order chi connectivity index (χ1) is 19.8. The van der Waals surface area contributed by atoms with E-state index >= 15 is 0 Å². The zero-order valence-electron chi connectivity index (χ0n) is 20.8. The molecule has 0 radical (unpaired) electrons. The molecule has 0 unspecified atom stereocenters. The fourth-order valence-corrected chi connectivity index (χ4v) is 6.85. The van der Waals surface area contributed by atoms with E-state index in [4.69, 9.17) is 5.73 Å². The number of carbonyl (C=O) groups is 4. The fourth-order valence-electron chi connectivity index (χ4n) is 4.30. The summed E-state index contributed by atoms with van der Waals surface area (Å²) in [6, 6.07) is -1.10. The predicted octanol–water partition coefficient (Wildman–Crippen LogP) is -1.72. The highest BCUT2D eigenvalue weighted by atomic mass is 32.2. The second kappa shape index (κ2) is 12.0. The van der Waals surface area contributed by atoms with E-state index in [0.717, 1.165) is 27.1 Å². The van der Waals surface area contributed by atoms with Crippen LogP contribution < -0.4 is 25.9 Å². The molecular weight excluding hydrogens is 601 g/mol. The van der Waals surface area contributed by atoms with Crippen LogP contribution in [0.3, 0.4) is 0 Å². The highest BCUT2D eigenvalue weighted by Crippen LogP contribution is 2.40. The van der Waals surface area contributed by atoms with Crippen LogP contribution in [-0.2, 0) is 37.1 Å². The van der Waals surface area contributed by atoms with Gasteiger partial charge in [0, 0.05) is 22.7 Å². The van der Waals surface area contributed by atoms with Crippen LogP contribution in [0.5, 0.6) is 0 Å². The van der Waals surface area contributed by atoms with Gasteiger partial charge in [-0.3, -0.25) is 19.3 Å². The molecule has 19 heteroatoms. The van der Waals surface area contributed by atoms with Crippen LogP contribution in [0.15, 0.2) is 46.4 Å². The molecule has 0 spiro atoms. The Balaban J connectivity index is 1.31. The van der Waals surface area contributed by atoms with E-state index in [2.05, 4.69) is 30.0 Å². The van der Waals surface area contributed by atoms with E-state index in [-0.39, 0.29) is 22.4 Å². The second-order valence-corrected chi connectivity index (χ2v) is 11.2. The van der Waals surface area contributed by atoms with Crippen molar-refractivity contribution < 1.29 is 37.9 Å². The summed E-state index contributed by atoms with van der Waals surface area (Å²) in [7, 11) is 0. The number of nitrogens with one attached hydrogen (secondary N) is 2. The van der Waals surface area contributed by atoms with Gasteiger partial charge in [-0.1, -0.05) is 22.6 Å². The smallest absolute Gasteiger partial charge is 0.282 e. The number of halogens is 1. The first-order valence-electron chi connectivity index (χ1n) is 11.7. The number of alkyl halides is 1. The normalized spacial score (nSPS) is 18.9. The lowest BCUT2D eigenvalue weighted by Gasteiger charge is -2.50. The molecule has 0 aliphatic carbocycles. The molecule has 3 amide bonds.